The van der Waals surface area contributed by atoms with Gasteiger partial charge in [0.25, 0.3) is 0 Å². The summed E-state index contributed by atoms with van der Waals surface area (Å²) in [6, 6.07) is -1.19. The maximum absolute atomic E-state index is 13.1. The summed E-state index contributed by atoms with van der Waals surface area (Å²) in [5, 5.41) is 75.5. The summed E-state index contributed by atoms with van der Waals surface area (Å²) in [6.45, 7) is 3.38. The lowest BCUT2D eigenvalue weighted by molar-refractivity contribution is -0.303. The number of carbonyl (C=O) groups is 1. The van der Waals surface area contributed by atoms with E-state index < -0.39 is 74.2 Å². The number of carbonyl (C=O) groups excluding carboxylic acids is 1. The van der Waals surface area contributed by atoms with Crippen molar-refractivity contribution in [2.75, 3.05) is 13.2 Å². The van der Waals surface area contributed by atoms with Crippen molar-refractivity contribution in [2.24, 2.45) is 0 Å². The highest BCUT2D eigenvalue weighted by molar-refractivity contribution is 5.80. The molecule has 8 N–H and O–H groups in total. The summed E-state index contributed by atoms with van der Waals surface area (Å²) in [4.78, 5) is 13.1. The summed E-state index contributed by atoms with van der Waals surface area (Å²) in [5.41, 5.74) is 0. The zero-order chi connectivity index (χ0) is 41.9. The van der Waals surface area contributed by atoms with Crippen LogP contribution in [0, 0.1) is 0 Å². The Morgan fingerprint density at radius 3 is 1.58 bits per heavy atom. The van der Waals surface area contributed by atoms with Crippen LogP contribution in [0.1, 0.15) is 181 Å². The molecular weight excluding hydrogens is 727 g/mol. The third-order valence-electron chi connectivity index (χ3n) is 10.9. The average Bonchev–Trinajstić information content (AvgIpc) is 3.21. The minimum absolute atomic E-state index is 0.243. The van der Waals surface area contributed by atoms with Gasteiger partial charge < -0.3 is 50.5 Å². The Morgan fingerprint density at radius 2 is 1.05 bits per heavy atom. The first kappa shape index (κ1) is 53.3. The molecule has 1 rings (SSSR count). The number of allylic oxidation sites excluding steroid dienone is 6. The maximum atomic E-state index is 13.1. The topological polar surface area (TPSA) is 189 Å². The Balaban J connectivity index is 2.52. The molecule has 0 saturated carbocycles. The molecule has 0 radical (unpaired) electrons. The maximum Gasteiger partial charge on any atom is 0.249 e. The first-order valence-corrected chi connectivity index (χ1v) is 22.9. The van der Waals surface area contributed by atoms with E-state index in [1.165, 1.54) is 70.6 Å². The van der Waals surface area contributed by atoms with E-state index >= 15 is 0 Å². The minimum atomic E-state index is -1.67. The van der Waals surface area contributed by atoms with Gasteiger partial charge >= 0.3 is 0 Å². The quantitative estimate of drug-likeness (QED) is 0.0235. The smallest absolute Gasteiger partial charge is 0.249 e. The summed E-state index contributed by atoms with van der Waals surface area (Å²) >= 11 is 0. The van der Waals surface area contributed by atoms with Crippen LogP contribution < -0.4 is 5.32 Å². The first-order chi connectivity index (χ1) is 27.7. The fourth-order valence-corrected chi connectivity index (χ4v) is 7.04. The van der Waals surface area contributed by atoms with Crippen molar-refractivity contribution in [1.82, 2.24) is 5.32 Å². The standard InChI is InChI=1S/C46H85NO10/c1-3-5-7-9-11-13-15-17-19-20-22-23-25-27-29-31-33-38(49)41(51)37(36-56-46-44(54)43(53)42(52)40(35-48)57-46)47-45(55)39(50)34-32-30-28-26-24-21-18-16-14-12-10-8-6-4-2/h14,16,19-20,25,27,37-44,46,48-54H,3-13,15,17-18,21-24,26,28-36H2,1-2H3,(H,47,55)/b16-14-,20-19+,27-25+. The van der Waals surface area contributed by atoms with E-state index in [1.807, 2.05) is 0 Å². The van der Waals surface area contributed by atoms with Gasteiger partial charge in [0.2, 0.25) is 5.91 Å². The van der Waals surface area contributed by atoms with Crippen LogP contribution in [0.3, 0.4) is 0 Å². The fraction of sp³-hybridized carbons (Fsp3) is 0.848. The van der Waals surface area contributed by atoms with E-state index in [2.05, 4.69) is 55.6 Å². The zero-order valence-electron chi connectivity index (χ0n) is 35.8. The first-order valence-electron chi connectivity index (χ1n) is 22.9. The van der Waals surface area contributed by atoms with Crippen LogP contribution in [0.25, 0.3) is 0 Å². The van der Waals surface area contributed by atoms with Gasteiger partial charge in [-0.3, -0.25) is 4.79 Å². The Hall–Kier alpha value is -1.67. The van der Waals surface area contributed by atoms with Crippen molar-refractivity contribution in [2.45, 2.75) is 236 Å². The van der Waals surface area contributed by atoms with Gasteiger partial charge in [-0.25, -0.2) is 0 Å². The molecule has 0 bridgehead atoms. The number of hydrogen-bond acceptors (Lipinski definition) is 10. The molecule has 0 aromatic heterocycles. The molecule has 9 atom stereocenters. The molecule has 0 aromatic carbocycles. The van der Waals surface area contributed by atoms with Crippen molar-refractivity contribution < 1.29 is 50.0 Å². The van der Waals surface area contributed by atoms with Crippen molar-refractivity contribution in [1.29, 1.82) is 0 Å². The molecule has 57 heavy (non-hydrogen) atoms. The summed E-state index contributed by atoms with van der Waals surface area (Å²) in [7, 11) is 0. The Morgan fingerprint density at radius 1 is 0.596 bits per heavy atom. The van der Waals surface area contributed by atoms with Gasteiger partial charge in [0.05, 0.1) is 25.4 Å². The van der Waals surface area contributed by atoms with Crippen LogP contribution in [0.2, 0.25) is 0 Å². The normalized spacial score (nSPS) is 22.4. The van der Waals surface area contributed by atoms with Crippen molar-refractivity contribution in [3.05, 3.63) is 36.5 Å². The lowest BCUT2D eigenvalue weighted by Crippen LogP contribution is -2.60. The third-order valence-corrected chi connectivity index (χ3v) is 10.9. The molecule has 1 heterocycles. The number of amides is 1. The SMILES string of the molecule is CCCCCC/C=C\CCCCCCCCC(O)C(=O)NC(COC1OC(CO)C(O)C(O)C1O)C(O)C(O)CCC/C=C/CC/C=C/CCCCCCCCC. The molecule has 0 aromatic rings. The zero-order valence-corrected chi connectivity index (χ0v) is 35.8. The van der Waals surface area contributed by atoms with Crippen molar-refractivity contribution in [3.63, 3.8) is 0 Å². The number of unbranched alkanes of at least 4 members (excludes halogenated alkanes) is 19. The fourth-order valence-electron chi connectivity index (χ4n) is 7.04. The largest absolute Gasteiger partial charge is 0.394 e. The number of aliphatic hydroxyl groups excluding tert-OH is 7. The lowest BCUT2D eigenvalue weighted by atomic mass is 9.98. The average molecular weight is 812 g/mol. The highest BCUT2D eigenvalue weighted by atomic mass is 16.7. The monoisotopic (exact) mass is 812 g/mol. The summed E-state index contributed by atoms with van der Waals surface area (Å²) in [5.74, 6) is -0.718. The van der Waals surface area contributed by atoms with Crippen LogP contribution in [-0.2, 0) is 14.3 Å². The Kier molecular flexibility index (Phi) is 33.9. The molecule has 11 heteroatoms. The molecule has 11 nitrogen and oxygen atoms in total. The number of nitrogens with one attached hydrogen (secondary N) is 1. The molecule has 1 fully saturated rings. The highest BCUT2D eigenvalue weighted by Gasteiger charge is 2.44. The molecule has 334 valence electrons. The Bertz CT molecular complexity index is 1020. The molecule has 1 aliphatic heterocycles. The van der Waals surface area contributed by atoms with Crippen LogP contribution in [-0.4, -0.2) is 110 Å². The summed E-state index contributed by atoms with van der Waals surface area (Å²) in [6.07, 6.45) is 29.0. The molecule has 1 amide bonds. The van der Waals surface area contributed by atoms with E-state index in [-0.39, 0.29) is 12.8 Å². The third kappa shape index (κ3) is 26.2. The van der Waals surface area contributed by atoms with Crippen LogP contribution in [0.4, 0.5) is 0 Å². The molecule has 1 saturated heterocycles. The van der Waals surface area contributed by atoms with Crippen molar-refractivity contribution in [3.8, 4) is 0 Å². The van der Waals surface area contributed by atoms with Gasteiger partial charge in [-0.05, 0) is 77.0 Å². The van der Waals surface area contributed by atoms with Gasteiger partial charge in [0, 0.05) is 0 Å². The van der Waals surface area contributed by atoms with Crippen molar-refractivity contribution >= 4 is 5.91 Å². The molecule has 0 spiro atoms. The second-order valence-corrected chi connectivity index (χ2v) is 16.1. The minimum Gasteiger partial charge on any atom is -0.394 e. The van der Waals surface area contributed by atoms with E-state index in [4.69, 9.17) is 9.47 Å². The number of aliphatic hydroxyl groups is 7. The van der Waals surface area contributed by atoms with Gasteiger partial charge in [-0.15, -0.1) is 0 Å². The van der Waals surface area contributed by atoms with Gasteiger partial charge in [0.1, 0.15) is 36.6 Å². The van der Waals surface area contributed by atoms with Crippen LogP contribution in [0.15, 0.2) is 36.5 Å². The van der Waals surface area contributed by atoms with E-state index in [1.54, 1.807) is 0 Å². The number of rotatable bonds is 37. The molecular formula is C46H85NO10. The Labute approximate surface area is 346 Å². The molecule has 9 unspecified atom stereocenters. The molecule has 1 aliphatic rings. The summed E-state index contributed by atoms with van der Waals surface area (Å²) < 4.78 is 11.1. The van der Waals surface area contributed by atoms with Crippen LogP contribution in [0.5, 0.6) is 0 Å². The predicted molar refractivity (Wildman–Crippen MR) is 228 cm³/mol. The number of ether oxygens (including phenoxy) is 2. The van der Waals surface area contributed by atoms with Gasteiger partial charge in [-0.1, -0.05) is 140 Å². The van der Waals surface area contributed by atoms with E-state index in [0.717, 1.165) is 64.2 Å². The van der Waals surface area contributed by atoms with Gasteiger partial charge in [-0.2, -0.15) is 0 Å². The van der Waals surface area contributed by atoms with E-state index in [9.17, 15) is 40.5 Å². The molecule has 0 aliphatic carbocycles. The second-order valence-electron chi connectivity index (χ2n) is 16.1. The lowest BCUT2D eigenvalue weighted by Gasteiger charge is -2.40. The second kappa shape index (κ2) is 36.2. The highest BCUT2D eigenvalue weighted by Crippen LogP contribution is 2.23. The number of hydrogen-bond donors (Lipinski definition) is 8. The predicted octanol–water partition coefficient (Wildman–Crippen LogP) is 7.22. The van der Waals surface area contributed by atoms with Gasteiger partial charge in [0.15, 0.2) is 6.29 Å². The van der Waals surface area contributed by atoms with Crippen LogP contribution >= 0.6 is 0 Å². The van der Waals surface area contributed by atoms with E-state index in [0.29, 0.717) is 19.3 Å².